The number of hydrogen-bond donors (Lipinski definition) is 1. The van der Waals surface area contributed by atoms with Crippen LogP contribution in [0.4, 0.5) is 5.69 Å². The van der Waals surface area contributed by atoms with Gasteiger partial charge in [-0.3, -0.25) is 4.79 Å². The third kappa shape index (κ3) is 5.19. The Morgan fingerprint density at radius 2 is 1.77 bits per heavy atom. The summed E-state index contributed by atoms with van der Waals surface area (Å²) in [6.07, 6.45) is 0.183. The number of nitrogens with zero attached hydrogens (tertiary/aromatic N) is 2. The number of carbonyl (C=O) groups excluding carboxylic acids is 1. The van der Waals surface area contributed by atoms with Gasteiger partial charge in [-0.05, 0) is 31.2 Å². The third-order valence-electron chi connectivity index (χ3n) is 4.96. The van der Waals surface area contributed by atoms with E-state index in [2.05, 4.69) is 10.3 Å². The largest absolute Gasteiger partial charge is 0.379 e. The maximum Gasteiger partial charge on any atom is 0.243 e. The van der Waals surface area contributed by atoms with Crippen molar-refractivity contribution >= 4 is 33.0 Å². The lowest BCUT2D eigenvalue weighted by molar-refractivity contribution is -0.115. The maximum absolute atomic E-state index is 12.7. The molecular formula is C22H23N3O4S2. The molecule has 1 fully saturated rings. The Labute approximate surface area is 185 Å². The van der Waals surface area contributed by atoms with Crippen LogP contribution in [0, 0.1) is 6.92 Å². The maximum atomic E-state index is 12.7. The fourth-order valence-electron chi connectivity index (χ4n) is 3.24. The summed E-state index contributed by atoms with van der Waals surface area (Å²) in [6.45, 7) is 3.55. The minimum Gasteiger partial charge on any atom is -0.379 e. The van der Waals surface area contributed by atoms with Crippen molar-refractivity contribution in [1.29, 1.82) is 0 Å². The zero-order valence-electron chi connectivity index (χ0n) is 17.1. The molecule has 4 rings (SSSR count). The molecule has 31 heavy (non-hydrogen) atoms. The molecule has 9 heteroatoms. The van der Waals surface area contributed by atoms with Gasteiger partial charge in [0.1, 0.15) is 5.01 Å². The van der Waals surface area contributed by atoms with Crippen molar-refractivity contribution in [2.24, 2.45) is 0 Å². The van der Waals surface area contributed by atoms with Gasteiger partial charge in [0.2, 0.25) is 15.9 Å². The van der Waals surface area contributed by atoms with Crippen molar-refractivity contribution < 1.29 is 17.9 Å². The first-order valence-electron chi connectivity index (χ1n) is 9.91. The number of aryl methyl sites for hydroxylation is 1. The van der Waals surface area contributed by atoms with E-state index in [4.69, 9.17) is 4.74 Å². The molecule has 1 aliphatic heterocycles. The van der Waals surface area contributed by atoms with Gasteiger partial charge < -0.3 is 10.1 Å². The van der Waals surface area contributed by atoms with E-state index in [1.54, 1.807) is 24.3 Å². The highest BCUT2D eigenvalue weighted by Crippen LogP contribution is 2.25. The minimum absolute atomic E-state index is 0.128. The summed E-state index contributed by atoms with van der Waals surface area (Å²) in [7, 11) is -3.52. The van der Waals surface area contributed by atoms with Gasteiger partial charge in [-0.25, -0.2) is 13.4 Å². The zero-order chi connectivity index (χ0) is 21.8. The van der Waals surface area contributed by atoms with Crippen molar-refractivity contribution in [3.8, 4) is 11.3 Å². The first-order chi connectivity index (χ1) is 14.9. The van der Waals surface area contributed by atoms with Gasteiger partial charge in [0, 0.05) is 29.7 Å². The number of rotatable bonds is 6. The number of sulfonamides is 1. The molecule has 3 aromatic rings. The fourth-order valence-corrected chi connectivity index (χ4v) is 5.45. The lowest BCUT2D eigenvalue weighted by Gasteiger charge is -2.26. The van der Waals surface area contributed by atoms with Crippen LogP contribution in [-0.4, -0.2) is 49.9 Å². The molecule has 2 aromatic carbocycles. The van der Waals surface area contributed by atoms with E-state index < -0.39 is 10.0 Å². The van der Waals surface area contributed by atoms with Crippen molar-refractivity contribution in [1.82, 2.24) is 9.29 Å². The average molecular weight is 458 g/mol. The van der Waals surface area contributed by atoms with E-state index in [1.807, 2.05) is 36.6 Å². The molecule has 2 heterocycles. The third-order valence-corrected chi connectivity index (χ3v) is 7.72. The van der Waals surface area contributed by atoms with Crippen LogP contribution in [0.2, 0.25) is 0 Å². The summed E-state index contributed by atoms with van der Waals surface area (Å²) in [5.74, 6) is -0.128. The smallest absolute Gasteiger partial charge is 0.243 e. The topological polar surface area (TPSA) is 88.6 Å². The van der Waals surface area contributed by atoms with Crippen LogP contribution < -0.4 is 5.32 Å². The van der Waals surface area contributed by atoms with Crippen LogP contribution in [-0.2, 0) is 26.0 Å². The number of amides is 1. The highest BCUT2D eigenvalue weighted by atomic mass is 32.2. The second-order valence-electron chi connectivity index (χ2n) is 7.26. The summed E-state index contributed by atoms with van der Waals surface area (Å²) in [5.41, 5.74) is 3.41. The molecule has 0 atom stereocenters. The SMILES string of the molecule is Cc1ccc(NC(=O)Cc2nc(-c3ccc(S(=O)(=O)N4CCOCC4)cc3)cs2)cc1. The van der Waals surface area contributed by atoms with Crippen molar-refractivity contribution in [2.45, 2.75) is 18.2 Å². The molecular weight excluding hydrogens is 434 g/mol. The molecule has 0 spiro atoms. The Morgan fingerprint density at radius 3 is 2.45 bits per heavy atom. The van der Waals surface area contributed by atoms with Gasteiger partial charge in [-0.15, -0.1) is 11.3 Å². The molecule has 1 saturated heterocycles. The number of aromatic nitrogens is 1. The Morgan fingerprint density at radius 1 is 1.10 bits per heavy atom. The fraction of sp³-hybridized carbons (Fsp3) is 0.273. The van der Waals surface area contributed by atoms with Gasteiger partial charge in [-0.1, -0.05) is 29.8 Å². The number of nitrogens with one attached hydrogen (secondary N) is 1. The number of carbonyl (C=O) groups is 1. The molecule has 0 unspecified atom stereocenters. The van der Waals surface area contributed by atoms with Gasteiger partial charge in [0.05, 0.1) is 30.2 Å². The molecule has 1 aromatic heterocycles. The quantitative estimate of drug-likeness (QED) is 0.613. The lowest BCUT2D eigenvalue weighted by atomic mass is 10.2. The molecule has 0 radical (unpaired) electrons. The minimum atomic E-state index is -3.52. The second-order valence-corrected chi connectivity index (χ2v) is 10.1. The van der Waals surface area contributed by atoms with Gasteiger partial charge >= 0.3 is 0 Å². The summed E-state index contributed by atoms with van der Waals surface area (Å²) in [5, 5.41) is 5.44. The van der Waals surface area contributed by atoms with Gasteiger partial charge in [0.25, 0.3) is 0 Å². The summed E-state index contributed by atoms with van der Waals surface area (Å²) in [4.78, 5) is 17.1. The Hall–Kier alpha value is -2.59. The van der Waals surface area contributed by atoms with Crippen molar-refractivity contribution in [3.63, 3.8) is 0 Å². The molecule has 1 N–H and O–H groups in total. The van der Waals surface area contributed by atoms with E-state index in [0.717, 1.165) is 22.5 Å². The average Bonchev–Trinajstić information content (AvgIpc) is 3.24. The number of ether oxygens (including phenoxy) is 1. The molecule has 1 amide bonds. The van der Waals surface area contributed by atoms with Crippen molar-refractivity contribution in [3.05, 3.63) is 64.5 Å². The van der Waals surface area contributed by atoms with Gasteiger partial charge in [0.15, 0.2) is 0 Å². The van der Waals surface area contributed by atoms with Gasteiger partial charge in [-0.2, -0.15) is 4.31 Å². The molecule has 162 valence electrons. The van der Waals surface area contributed by atoms with Crippen LogP contribution in [0.1, 0.15) is 10.6 Å². The molecule has 0 aliphatic carbocycles. The molecule has 0 saturated carbocycles. The molecule has 1 aliphatic rings. The molecule has 7 nitrogen and oxygen atoms in total. The number of thiazole rings is 1. The van der Waals surface area contributed by atoms with E-state index in [1.165, 1.54) is 15.6 Å². The standard InChI is InChI=1S/C22H23N3O4S2/c1-16-2-6-18(7-3-16)23-21(26)14-22-24-20(15-30-22)17-4-8-19(9-5-17)31(27,28)25-10-12-29-13-11-25/h2-9,15H,10-14H2,1H3,(H,23,26). The van der Waals surface area contributed by atoms with Crippen LogP contribution in [0.15, 0.2) is 58.8 Å². The summed E-state index contributed by atoms with van der Waals surface area (Å²) < 4.78 is 32.2. The first kappa shape index (κ1) is 21.6. The number of hydrogen-bond acceptors (Lipinski definition) is 6. The summed E-state index contributed by atoms with van der Waals surface area (Å²) >= 11 is 1.41. The molecule has 0 bridgehead atoms. The van der Waals surface area contributed by atoms with Crippen molar-refractivity contribution in [2.75, 3.05) is 31.6 Å². The Balaban J connectivity index is 1.41. The Bertz CT molecular complexity index is 1150. The van der Waals surface area contributed by atoms with Crippen LogP contribution in [0.5, 0.6) is 0 Å². The predicted octanol–water partition coefficient (Wildman–Crippen LogP) is 3.32. The number of benzene rings is 2. The normalized spacial score (nSPS) is 15.0. The summed E-state index contributed by atoms with van der Waals surface area (Å²) in [6, 6.07) is 14.3. The van der Waals surface area contributed by atoms with Crippen LogP contribution in [0.3, 0.4) is 0 Å². The Kier molecular flexibility index (Phi) is 6.47. The lowest BCUT2D eigenvalue weighted by Crippen LogP contribution is -2.40. The van der Waals surface area contributed by atoms with E-state index >= 15 is 0 Å². The van der Waals surface area contributed by atoms with E-state index in [-0.39, 0.29) is 17.2 Å². The van der Waals surface area contributed by atoms with Crippen LogP contribution in [0.25, 0.3) is 11.3 Å². The van der Waals surface area contributed by atoms with E-state index in [9.17, 15) is 13.2 Å². The number of morpholine rings is 1. The number of anilines is 1. The highest BCUT2D eigenvalue weighted by molar-refractivity contribution is 7.89. The zero-order valence-corrected chi connectivity index (χ0v) is 18.7. The first-order valence-corrected chi connectivity index (χ1v) is 12.2. The second kappa shape index (κ2) is 9.27. The van der Waals surface area contributed by atoms with E-state index in [0.29, 0.717) is 31.3 Å². The van der Waals surface area contributed by atoms with Crippen LogP contribution >= 0.6 is 11.3 Å². The predicted molar refractivity (Wildman–Crippen MR) is 121 cm³/mol. The monoisotopic (exact) mass is 457 g/mol. The highest BCUT2D eigenvalue weighted by Gasteiger charge is 2.26.